The molecule has 8 heteroatoms. The summed E-state index contributed by atoms with van der Waals surface area (Å²) < 4.78 is 0. The van der Waals surface area contributed by atoms with Crippen molar-refractivity contribution in [2.75, 3.05) is 6.61 Å². The average molecular weight is 210 g/mol. The van der Waals surface area contributed by atoms with E-state index in [-0.39, 0.29) is 6.29 Å². The molecule has 0 unspecified atom stereocenters. The fourth-order valence-corrected chi connectivity index (χ4v) is 0.866. The quantitative estimate of drug-likeness (QED) is 0.214. The number of hydrogen-bond acceptors (Lipinski definition) is 8. The summed E-state index contributed by atoms with van der Waals surface area (Å²) in [7, 11) is 0. The second-order valence-electron chi connectivity index (χ2n) is 2.58. The fourth-order valence-electron chi connectivity index (χ4n) is 0.866. The Morgan fingerprint density at radius 3 is 2.14 bits per heavy atom. The molecule has 0 heterocycles. The first-order valence-corrected chi connectivity index (χ1v) is 3.75. The van der Waals surface area contributed by atoms with Gasteiger partial charge in [-0.3, -0.25) is 9.68 Å². The van der Waals surface area contributed by atoms with E-state index in [1.807, 2.05) is 0 Å². The van der Waals surface area contributed by atoms with Crippen molar-refractivity contribution >= 4 is 6.29 Å². The van der Waals surface area contributed by atoms with Crippen molar-refractivity contribution in [2.24, 2.45) is 11.8 Å². The number of rotatable bonds is 7. The van der Waals surface area contributed by atoms with Crippen molar-refractivity contribution in [3.8, 4) is 0 Å². The molecule has 0 aliphatic carbocycles. The van der Waals surface area contributed by atoms with Crippen molar-refractivity contribution < 1.29 is 29.8 Å². The van der Waals surface area contributed by atoms with E-state index in [9.17, 15) is 9.90 Å². The number of carbonyl (C=O) groups excluding carboxylic acids is 1. The molecule has 0 amide bonds. The summed E-state index contributed by atoms with van der Waals surface area (Å²) in [6.45, 7) is -0.711. The molecule has 0 aliphatic rings. The summed E-state index contributed by atoms with van der Waals surface area (Å²) in [5.74, 6) is 9.49. The maximum absolute atomic E-state index is 10.4. The normalized spacial score (nSPS) is 19.8. The molecule has 0 aromatic carbocycles. The van der Waals surface area contributed by atoms with E-state index >= 15 is 0 Å². The van der Waals surface area contributed by atoms with Crippen LogP contribution in [0, 0.1) is 0 Å². The van der Waals surface area contributed by atoms with Crippen LogP contribution in [0.15, 0.2) is 0 Å². The fraction of sp³-hybridized carbons (Fsp3) is 0.833. The highest BCUT2D eigenvalue weighted by atomic mass is 16.7. The van der Waals surface area contributed by atoms with E-state index in [0.29, 0.717) is 0 Å². The molecule has 0 aliphatic heterocycles. The number of carbonyl (C=O) groups is 1. The van der Waals surface area contributed by atoms with Gasteiger partial charge in [-0.15, -0.1) is 0 Å². The summed E-state index contributed by atoms with van der Waals surface area (Å²) in [6, 6.07) is 0. The third-order valence-corrected chi connectivity index (χ3v) is 1.69. The van der Waals surface area contributed by atoms with Crippen LogP contribution in [0.4, 0.5) is 0 Å². The molecule has 14 heavy (non-hydrogen) atoms. The highest BCUT2D eigenvalue weighted by molar-refractivity contribution is 5.57. The summed E-state index contributed by atoms with van der Waals surface area (Å²) in [4.78, 5) is 18.7. The minimum Gasteiger partial charge on any atom is -0.394 e. The number of nitrogens with two attached hydrogens (primary N) is 2. The first-order chi connectivity index (χ1) is 6.62. The molecule has 0 saturated heterocycles. The molecule has 0 spiro atoms. The number of hydrogen-bond donors (Lipinski definition) is 5. The van der Waals surface area contributed by atoms with Gasteiger partial charge in [0.25, 0.3) is 0 Å². The van der Waals surface area contributed by atoms with Gasteiger partial charge in [-0.05, 0) is 0 Å². The van der Waals surface area contributed by atoms with E-state index in [1.165, 1.54) is 0 Å². The predicted molar refractivity (Wildman–Crippen MR) is 43.3 cm³/mol. The molecule has 8 nitrogen and oxygen atoms in total. The van der Waals surface area contributed by atoms with Gasteiger partial charge >= 0.3 is 0 Å². The minimum absolute atomic E-state index is 0.255. The van der Waals surface area contributed by atoms with E-state index < -0.39 is 31.0 Å². The standard InChI is InChI=1S/C6H14N2O6/c7-13-4(2-10)6(14-8)5(12)3(11)1-9/h2-6,9,11-12H,1,7-8H2/t3-,4+,5-,6+/m1/s1. The zero-order valence-electron chi connectivity index (χ0n) is 7.31. The molecule has 0 bridgehead atoms. The van der Waals surface area contributed by atoms with Gasteiger partial charge in [0.2, 0.25) is 0 Å². The zero-order valence-corrected chi connectivity index (χ0v) is 7.31. The van der Waals surface area contributed by atoms with Crippen molar-refractivity contribution in [1.29, 1.82) is 0 Å². The monoisotopic (exact) mass is 210 g/mol. The molecule has 4 atom stereocenters. The van der Waals surface area contributed by atoms with Crippen LogP contribution in [0.25, 0.3) is 0 Å². The van der Waals surface area contributed by atoms with E-state index in [2.05, 4.69) is 9.68 Å². The van der Waals surface area contributed by atoms with Gasteiger partial charge < -0.3 is 20.1 Å². The SMILES string of the molecule is NO[C@H]([C@H](O)[C@H](O)CO)[C@H](C=O)ON. The van der Waals surface area contributed by atoms with Crippen molar-refractivity contribution in [1.82, 2.24) is 0 Å². The largest absolute Gasteiger partial charge is 0.394 e. The average Bonchev–Trinajstić information content (AvgIpc) is 2.23. The summed E-state index contributed by atoms with van der Waals surface area (Å²) in [5.41, 5.74) is 0. The Balaban J connectivity index is 4.44. The molecular weight excluding hydrogens is 196 g/mol. The Kier molecular flexibility index (Phi) is 6.49. The van der Waals surface area contributed by atoms with Gasteiger partial charge in [0.15, 0.2) is 12.4 Å². The second kappa shape index (κ2) is 6.79. The molecule has 0 aromatic heterocycles. The third-order valence-electron chi connectivity index (χ3n) is 1.69. The summed E-state index contributed by atoms with van der Waals surface area (Å²) in [5, 5.41) is 26.8. The lowest BCUT2D eigenvalue weighted by Gasteiger charge is -2.26. The Hall–Kier alpha value is -0.610. The molecule has 7 N–H and O–H groups in total. The van der Waals surface area contributed by atoms with Crippen LogP contribution in [0.5, 0.6) is 0 Å². The minimum atomic E-state index is -1.58. The van der Waals surface area contributed by atoms with Crippen molar-refractivity contribution in [3.05, 3.63) is 0 Å². The lowest BCUT2D eigenvalue weighted by molar-refractivity contribution is -0.162. The van der Waals surface area contributed by atoms with Crippen LogP contribution in [-0.4, -0.2) is 52.6 Å². The molecule has 0 saturated carbocycles. The van der Waals surface area contributed by atoms with Gasteiger partial charge in [-0.1, -0.05) is 0 Å². The topological polar surface area (TPSA) is 148 Å². The third kappa shape index (κ3) is 3.27. The first-order valence-electron chi connectivity index (χ1n) is 3.75. The predicted octanol–water partition coefficient (Wildman–Crippen LogP) is -3.58. The van der Waals surface area contributed by atoms with Gasteiger partial charge in [0.05, 0.1) is 6.61 Å². The molecule has 0 rings (SSSR count). The molecule has 0 radical (unpaired) electrons. The Morgan fingerprint density at radius 1 is 1.29 bits per heavy atom. The summed E-state index contributed by atoms with van der Waals surface area (Å²) >= 11 is 0. The maximum atomic E-state index is 10.4. The molecule has 0 fully saturated rings. The lowest BCUT2D eigenvalue weighted by Crippen LogP contribution is -2.50. The van der Waals surface area contributed by atoms with Crippen molar-refractivity contribution in [3.63, 3.8) is 0 Å². The van der Waals surface area contributed by atoms with Crippen LogP contribution in [0.2, 0.25) is 0 Å². The van der Waals surface area contributed by atoms with Crippen molar-refractivity contribution in [2.45, 2.75) is 24.4 Å². The van der Waals surface area contributed by atoms with Crippen LogP contribution in [0.3, 0.4) is 0 Å². The van der Waals surface area contributed by atoms with E-state index in [0.717, 1.165) is 0 Å². The number of aliphatic hydroxyl groups is 3. The Labute approximate surface area is 79.9 Å². The highest BCUT2D eigenvalue weighted by Crippen LogP contribution is 2.08. The van der Waals surface area contributed by atoms with Crippen LogP contribution < -0.4 is 11.8 Å². The Bertz CT molecular complexity index is 168. The number of aldehydes is 1. The molecule has 84 valence electrons. The van der Waals surface area contributed by atoms with Gasteiger partial charge in [0, 0.05) is 0 Å². The maximum Gasteiger partial charge on any atom is 0.164 e. The van der Waals surface area contributed by atoms with E-state index in [4.69, 9.17) is 22.0 Å². The van der Waals surface area contributed by atoms with Crippen LogP contribution in [-0.2, 0) is 14.5 Å². The summed E-state index contributed by atoms with van der Waals surface area (Å²) in [6.07, 6.45) is -5.49. The Morgan fingerprint density at radius 2 is 1.86 bits per heavy atom. The molecule has 0 aromatic rings. The van der Waals surface area contributed by atoms with Gasteiger partial charge in [0.1, 0.15) is 18.3 Å². The smallest absolute Gasteiger partial charge is 0.164 e. The van der Waals surface area contributed by atoms with Gasteiger partial charge in [-0.2, -0.15) is 0 Å². The zero-order chi connectivity index (χ0) is 11.1. The molecular formula is C6H14N2O6. The lowest BCUT2D eigenvalue weighted by atomic mass is 10.0. The second-order valence-corrected chi connectivity index (χ2v) is 2.58. The number of aliphatic hydroxyl groups excluding tert-OH is 3. The van der Waals surface area contributed by atoms with Crippen LogP contribution in [0.1, 0.15) is 0 Å². The highest BCUT2D eigenvalue weighted by Gasteiger charge is 2.34. The van der Waals surface area contributed by atoms with E-state index in [1.54, 1.807) is 0 Å². The first kappa shape index (κ1) is 13.4. The van der Waals surface area contributed by atoms with Gasteiger partial charge in [-0.25, -0.2) is 11.8 Å². The van der Waals surface area contributed by atoms with Crippen LogP contribution >= 0.6 is 0 Å².